The summed E-state index contributed by atoms with van der Waals surface area (Å²) in [6.45, 7) is 3.80. The van der Waals surface area contributed by atoms with E-state index in [-0.39, 0.29) is 5.57 Å². The Labute approximate surface area is 156 Å². The number of ether oxygens (including phenoxy) is 2. The molecule has 2 heterocycles. The third-order valence-corrected chi connectivity index (χ3v) is 4.42. The summed E-state index contributed by atoms with van der Waals surface area (Å²) in [5.41, 5.74) is 2.85. The molecule has 0 atom stereocenters. The first-order valence-electron chi connectivity index (χ1n) is 8.72. The molecule has 0 unspecified atom stereocenters. The SMILES string of the molecule is CC1(C)OC(=O)C(=Cc2ccc3ccn(Cc4ccccc4)c3c2)C(=O)O1. The Bertz CT molecular complexity index is 1040. The van der Waals surface area contributed by atoms with Crippen LogP contribution in [0, 0.1) is 0 Å². The maximum Gasteiger partial charge on any atom is 0.348 e. The van der Waals surface area contributed by atoms with Crippen LogP contribution in [-0.2, 0) is 25.6 Å². The normalized spacial score (nSPS) is 16.1. The molecule has 0 bridgehead atoms. The van der Waals surface area contributed by atoms with Crippen molar-refractivity contribution in [3.8, 4) is 0 Å². The van der Waals surface area contributed by atoms with Crippen LogP contribution in [-0.4, -0.2) is 22.3 Å². The molecule has 0 spiro atoms. The molecular formula is C22H19NO4. The van der Waals surface area contributed by atoms with Gasteiger partial charge in [-0.2, -0.15) is 0 Å². The number of carbonyl (C=O) groups is 2. The highest BCUT2D eigenvalue weighted by atomic mass is 16.7. The first-order valence-corrected chi connectivity index (χ1v) is 8.72. The predicted molar refractivity (Wildman–Crippen MR) is 102 cm³/mol. The first-order chi connectivity index (χ1) is 12.9. The molecule has 0 N–H and O–H groups in total. The minimum Gasteiger partial charge on any atom is -0.419 e. The van der Waals surface area contributed by atoms with E-state index in [1.165, 1.54) is 25.5 Å². The van der Waals surface area contributed by atoms with Crippen molar-refractivity contribution in [1.82, 2.24) is 4.57 Å². The summed E-state index contributed by atoms with van der Waals surface area (Å²) in [6, 6.07) is 18.0. The zero-order valence-electron chi connectivity index (χ0n) is 15.1. The van der Waals surface area contributed by atoms with Gasteiger partial charge in [-0.15, -0.1) is 0 Å². The summed E-state index contributed by atoms with van der Waals surface area (Å²) in [7, 11) is 0. The van der Waals surface area contributed by atoms with Gasteiger partial charge < -0.3 is 14.0 Å². The maximum atomic E-state index is 12.1. The summed E-state index contributed by atoms with van der Waals surface area (Å²) in [4.78, 5) is 24.3. The Morgan fingerprint density at radius 3 is 2.37 bits per heavy atom. The molecule has 5 nitrogen and oxygen atoms in total. The number of aromatic nitrogens is 1. The lowest BCUT2D eigenvalue weighted by Gasteiger charge is -2.29. The van der Waals surface area contributed by atoms with Crippen LogP contribution < -0.4 is 0 Å². The fourth-order valence-corrected chi connectivity index (χ4v) is 3.15. The Balaban J connectivity index is 1.68. The second-order valence-corrected chi connectivity index (χ2v) is 6.98. The monoisotopic (exact) mass is 361 g/mol. The largest absolute Gasteiger partial charge is 0.419 e. The lowest BCUT2D eigenvalue weighted by Crippen LogP contribution is -2.41. The molecule has 5 heteroatoms. The van der Waals surface area contributed by atoms with E-state index in [1.807, 2.05) is 48.7 Å². The van der Waals surface area contributed by atoms with Crippen molar-refractivity contribution >= 4 is 28.9 Å². The highest BCUT2D eigenvalue weighted by Gasteiger charge is 2.38. The number of hydrogen-bond donors (Lipinski definition) is 0. The van der Waals surface area contributed by atoms with E-state index < -0.39 is 17.7 Å². The summed E-state index contributed by atoms with van der Waals surface area (Å²) >= 11 is 0. The van der Waals surface area contributed by atoms with Crippen molar-refractivity contribution in [3.05, 3.63) is 77.5 Å². The van der Waals surface area contributed by atoms with Crippen LogP contribution in [0.5, 0.6) is 0 Å². The molecule has 1 aliphatic heterocycles. The predicted octanol–water partition coefficient (Wildman–Crippen LogP) is 3.91. The van der Waals surface area contributed by atoms with Gasteiger partial charge in [0.05, 0.1) is 0 Å². The van der Waals surface area contributed by atoms with E-state index in [9.17, 15) is 9.59 Å². The molecule has 0 amide bonds. The van der Waals surface area contributed by atoms with E-state index in [2.05, 4.69) is 16.7 Å². The number of cyclic esters (lactones) is 2. The number of esters is 2. The van der Waals surface area contributed by atoms with E-state index in [0.29, 0.717) is 0 Å². The molecule has 0 radical (unpaired) electrons. The number of nitrogens with zero attached hydrogens (tertiary/aromatic N) is 1. The minimum atomic E-state index is -1.24. The van der Waals surface area contributed by atoms with Crippen LogP contribution in [0.1, 0.15) is 25.0 Å². The zero-order chi connectivity index (χ0) is 19.0. The summed E-state index contributed by atoms with van der Waals surface area (Å²) in [5.74, 6) is -2.58. The number of fused-ring (bicyclic) bond motifs is 1. The van der Waals surface area contributed by atoms with E-state index in [0.717, 1.165) is 23.0 Å². The van der Waals surface area contributed by atoms with Crippen LogP contribution in [0.25, 0.3) is 17.0 Å². The summed E-state index contributed by atoms with van der Waals surface area (Å²) < 4.78 is 12.4. The van der Waals surface area contributed by atoms with Crippen LogP contribution >= 0.6 is 0 Å². The molecule has 1 fully saturated rings. The minimum absolute atomic E-state index is 0.102. The fourth-order valence-electron chi connectivity index (χ4n) is 3.15. The van der Waals surface area contributed by atoms with Crippen LogP contribution in [0.4, 0.5) is 0 Å². The van der Waals surface area contributed by atoms with Gasteiger partial charge >= 0.3 is 11.9 Å². The second-order valence-electron chi connectivity index (χ2n) is 6.98. The maximum absolute atomic E-state index is 12.1. The van der Waals surface area contributed by atoms with Gasteiger partial charge in [-0.25, -0.2) is 9.59 Å². The molecule has 4 rings (SSSR count). The van der Waals surface area contributed by atoms with Crippen LogP contribution in [0.15, 0.2) is 66.4 Å². The lowest BCUT2D eigenvalue weighted by molar-refractivity contribution is -0.222. The van der Waals surface area contributed by atoms with Gasteiger partial charge in [0, 0.05) is 32.1 Å². The van der Waals surface area contributed by atoms with E-state index >= 15 is 0 Å². The molecule has 1 aliphatic rings. The molecular weight excluding hydrogens is 342 g/mol. The number of carbonyl (C=O) groups excluding carboxylic acids is 2. The molecule has 136 valence electrons. The second kappa shape index (κ2) is 6.43. The van der Waals surface area contributed by atoms with Gasteiger partial charge in [-0.3, -0.25) is 0 Å². The zero-order valence-corrected chi connectivity index (χ0v) is 15.1. The average Bonchev–Trinajstić information content (AvgIpc) is 3.00. The molecule has 1 aromatic heterocycles. The van der Waals surface area contributed by atoms with Gasteiger partial charge in [-0.1, -0.05) is 42.5 Å². The Kier molecular flexibility index (Phi) is 4.07. The Morgan fingerprint density at radius 1 is 0.963 bits per heavy atom. The van der Waals surface area contributed by atoms with Crippen molar-refractivity contribution in [1.29, 1.82) is 0 Å². The number of hydrogen-bond acceptors (Lipinski definition) is 4. The van der Waals surface area contributed by atoms with Crippen LogP contribution in [0.3, 0.4) is 0 Å². The van der Waals surface area contributed by atoms with E-state index in [4.69, 9.17) is 9.47 Å². The van der Waals surface area contributed by atoms with Crippen molar-refractivity contribution < 1.29 is 19.1 Å². The number of rotatable bonds is 3. The Morgan fingerprint density at radius 2 is 1.67 bits per heavy atom. The van der Waals surface area contributed by atoms with Gasteiger partial charge in [-0.05, 0) is 34.7 Å². The standard InChI is InChI=1S/C22H19NO4/c1-22(2)26-20(24)18(21(25)27-22)12-16-8-9-17-10-11-23(19(17)13-16)14-15-6-4-3-5-7-15/h3-13H,14H2,1-2H3. The van der Waals surface area contributed by atoms with Crippen molar-refractivity contribution in [2.45, 2.75) is 26.2 Å². The molecule has 0 saturated carbocycles. The van der Waals surface area contributed by atoms with Crippen LogP contribution in [0.2, 0.25) is 0 Å². The average molecular weight is 361 g/mol. The van der Waals surface area contributed by atoms with Gasteiger partial charge in [0.2, 0.25) is 0 Å². The van der Waals surface area contributed by atoms with Gasteiger partial charge in [0.25, 0.3) is 5.79 Å². The third kappa shape index (κ3) is 3.49. The molecule has 2 aromatic carbocycles. The highest BCUT2D eigenvalue weighted by Crippen LogP contribution is 2.26. The van der Waals surface area contributed by atoms with Gasteiger partial charge in [0.15, 0.2) is 0 Å². The van der Waals surface area contributed by atoms with E-state index in [1.54, 1.807) is 0 Å². The molecule has 0 aliphatic carbocycles. The fraction of sp³-hybridized carbons (Fsp3) is 0.182. The van der Waals surface area contributed by atoms with Crippen molar-refractivity contribution in [2.24, 2.45) is 0 Å². The molecule has 3 aromatic rings. The Hall–Kier alpha value is -3.34. The first kappa shape index (κ1) is 17.1. The smallest absolute Gasteiger partial charge is 0.348 e. The van der Waals surface area contributed by atoms with Crippen molar-refractivity contribution in [3.63, 3.8) is 0 Å². The molecule has 27 heavy (non-hydrogen) atoms. The quantitative estimate of drug-likeness (QED) is 0.403. The van der Waals surface area contributed by atoms with Gasteiger partial charge in [0.1, 0.15) is 5.57 Å². The third-order valence-electron chi connectivity index (χ3n) is 4.42. The topological polar surface area (TPSA) is 57.5 Å². The summed E-state index contributed by atoms with van der Waals surface area (Å²) in [6.07, 6.45) is 3.54. The van der Waals surface area contributed by atoms with Crippen molar-refractivity contribution in [2.75, 3.05) is 0 Å². The molecule has 1 saturated heterocycles. The number of benzene rings is 2. The highest BCUT2D eigenvalue weighted by molar-refractivity contribution is 6.19. The summed E-state index contributed by atoms with van der Waals surface area (Å²) in [5, 5.41) is 1.09. The lowest BCUT2D eigenvalue weighted by atomic mass is 10.1.